The third kappa shape index (κ3) is 3.80. The number of alkyl halides is 3. The van der Waals surface area contributed by atoms with Gasteiger partial charge in [0.2, 0.25) is 0 Å². The van der Waals surface area contributed by atoms with Crippen LogP contribution in [0.2, 0.25) is 5.02 Å². The zero-order valence-electron chi connectivity index (χ0n) is 13.1. The number of rotatable bonds is 2. The Balaban J connectivity index is 1.69. The molecule has 1 aromatic carbocycles. The molecule has 130 valence electrons. The van der Waals surface area contributed by atoms with Crippen molar-refractivity contribution in [1.29, 1.82) is 5.26 Å². The van der Waals surface area contributed by atoms with Crippen LogP contribution in [0.3, 0.4) is 0 Å². The van der Waals surface area contributed by atoms with Gasteiger partial charge >= 0.3 is 6.18 Å². The first-order valence-corrected chi connectivity index (χ1v) is 7.99. The number of nitriles is 1. The molecule has 25 heavy (non-hydrogen) atoms. The standard InChI is InChI=1S/C17H14ClF3N4/c18-15-9-13(17(19,20)21)11-23-16(15)25-7-5-24(6-8-25)14-3-1-12(10-22)2-4-14/h1-4,9,11H,5-8H2. The molecule has 0 bridgehead atoms. The lowest BCUT2D eigenvalue weighted by Gasteiger charge is -2.37. The minimum absolute atomic E-state index is 0.00153. The fourth-order valence-corrected chi connectivity index (χ4v) is 3.03. The SMILES string of the molecule is N#Cc1ccc(N2CCN(c3ncc(C(F)(F)F)cc3Cl)CC2)cc1. The van der Waals surface area contributed by atoms with Gasteiger partial charge < -0.3 is 9.80 Å². The summed E-state index contributed by atoms with van der Waals surface area (Å²) in [5, 5.41) is 8.84. The van der Waals surface area contributed by atoms with Gasteiger partial charge in [-0.3, -0.25) is 0 Å². The molecule has 0 radical (unpaired) electrons. The number of piperazine rings is 1. The van der Waals surface area contributed by atoms with Crippen molar-refractivity contribution in [2.75, 3.05) is 36.0 Å². The third-order valence-corrected chi connectivity index (χ3v) is 4.37. The Morgan fingerprint density at radius 2 is 1.64 bits per heavy atom. The van der Waals surface area contributed by atoms with Crippen molar-refractivity contribution >= 4 is 23.1 Å². The van der Waals surface area contributed by atoms with Crippen LogP contribution in [0.15, 0.2) is 36.5 Å². The van der Waals surface area contributed by atoms with Crippen LogP contribution in [-0.2, 0) is 6.18 Å². The molecular formula is C17H14ClF3N4. The minimum atomic E-state index is -4.45. The van der Waals surface area contributed by atoms with E-state index in [9.17, 15) is 13.2 Å². The Bertz CT molecular complexity index is 791. The van der Waals surface area contributed by atoms with E-state index in [4.69, 9.17) is 16.9 Å². The summed E-state index contributed by atoms with van der Waals surface area (Å²) in [6.07, 6.45) is -3.64. The summed E-state index contributed by atoms with van der Waals surface area (Å²) in [6.45, 7) is 2.56. The van der Waals surface area contributed by atoms with Gasteiger partial charge in [-0.1, -0.05) is 11.6 Å². The average molecular weight is 367 g/mol. The molecule has 0 spiro atoms. The van der Waals surface area contributed by atoms with E-state index in [2.05, 4.69) is 16.0 Å². The molecule has 0 amide bonds. The van der Waals surface area contributed by atoms with Crippen LogP contribution in [0.1, 0.15) is 11.1 Å². The van der Waals surface area contributed by atoms with E-state index >= 15 is 0 Å². The lowest BCUT2D eigenvalue weighted by atomic mass is 10.2. The van der Waals surface area contributed by atoms with E-state index in [-0.39, 0.29) is 5.02 Å². The van der Waals surface area contributed by atoms with Crippen molar-refractivity contribution in [1.82, 2.24) is 4.98 Å². The van der Waals surface area contributed by atoms with Gasteiger partial charge in [-0.15, -0.1) is 0 Å². The van der Waals surface area contributed by atoms with Crippen molar-refractivity contribution in [2.45, 2.75) is 6.18 Å². The lowest BCUT2D eigenvalue weighted by molar-refractivity contribution is -0.137. The smallest absolute Gasteiger partial charge is 0.368 e. The number of hydrogen-bond donors (Lipinski definition) is 0. The van der Waals surface area contributed by atoms with E-state index in [1.807, 2.05) is 17.0 Å². The second-order valence-corrected chi connectivity index (χ2v) is 6.07. The van der Waals surface area contributed by atoms with Crippen LogP contribution >= 0.6 is 11.6 Å². The molecule has 1 fully saturated rings. The number of nitrogens with zero attached hydrogens (tertiary/aromatic N) is 4. The summed E-state index contributed by atoms with van der Waals surface area (Å²) < 4.78 is 38.1. The normalized spacial score (nSPS) is 15.2. The van der Waals surface area contributed by atoms with Crippen molar-refractivity contribution in [3.63, 3.8) is 0 Å². The first-order valence-electron chi connectivity index (χ1n) is 7.61. The molecule has 2 heterocycles. The molecule has 3 rings (SSSR count). The molecule has 0 N–H and O–H groups in total. The Kier molecular flexibility index (Phi) is 4.73. The Labute approximate surface area is 148 Å². The van der Waals surface area contributed by atoms with E-state index in [0.717, 1.165) is 18.0 Å². The van der Waals surface area contributed by atoms with E-state index in [1.54, 1.807) is 12.1 Å². The monoisotopic (exact) mass is 366 g/mol. The number of anilines is 2. The van der Waals surface area contributed by atoms with Crippen LogP contribution in [0.25, 0.3) is 0 Å². The Morgan fingerprint density at radius 3 is 2.16 bits per heavy atom. The van der Waals surface area contributed by atoms with Crippen molar-refractivity contribution in [2.24, 2.45) is 0 Å². The van der Waals surface area contributed by atoms with Crippen LogP contribution in [0, 0.1) is 11.3 Å². The van der Waals surface area contributed by atoms with Gasteiger partial charge in [0.25, 0.3) is 0 Å². The maximum absolute atomic E-state index is 12.7. The molecule has 1 aliphatic rings. The number of benzene rings is 1. The molecule has 2 aromatic rings. The predicted octanol–water partition coefficient (Wildman–Crippen LogP) is 3.95. The fourth-order valence-electron chi connectivity index (χ4n) is 2.74. The number of halogens is 4. The predicted molar refractivity (Wildman–Crippen MR) is 89.8 cm³/mol. The largest absolute Gasteiger partial charge is 0.417 e. The van der Waals surface area contributed by atoms with Gasteiger partial charge in [0.15, 0.2) is 0 Å². The van der Waals surface area contributed by atoms with Crippen molar-refractivity contribution < 1.29 is 13.2 Å². The fraction of sp³-hybridized carbons (Fsp3) is 0.294. The summed E-state index contributed by atoms with van der Waals surface area (Å²) in [5.74, 6) is 0.370. The molecule has 1 aliphatic heterocycles. The van der Waals surface area contributed by atoms with E-state index in [1.165, 1.54) is 0 Å². The quantitative estimate of drug-likeness (QED) is 0.807. The van der Waals surface area contributed by atoms with Gasteiger partial charge in [0.1, 0.15) is 5.82 Å². The van der Waals surface area contributed by atoms with Gasteiger partial charge in [0.05, 0.1) is 22.2 Å². The average Bonchev–Trinajstić information content (AvgIpc) is 2.61. The first kappa shape index (κ1) is 17.4. The highest BCUT2D eigenvalue weighted by atomic mass is 35.5. The third-order valence-electron chi connectivity index (χ3n) is 4.09. The van der Waals surface area contributed by atoms with Gasteiger partial charge in [-0.25, -0.2) is 4.98 Å². The van der Waals surface area contributed by atoms with Crippen molar-refractivity contribution in [3.05, 3.63) is 52.7 Å². The zero-order valence-corrected chi connectivity index (χ0v) is 13.8. The molecular weight excluding hydrogens is 353 g/mol. The van der Waals surface area contributed by atoms with E-state index in [0.29, 0.717) is 37.6 Å². The highest BCUT2D eigenvalue weighted by Gasteiger charge is 2.32. The summed E-state index contributed by atoms with van der Waals surface area (Å²) in [4.78, 5) is 7.93. The molecule has 0 aliphatic carbocycles. The maximum atomic E-state index is 12.7. The van der Waals surface area contributed by atoms with Crippen LogP contribution < -0.4 is 9.80 Å². The lowest BCUT2D eigenvalue weighted by Crippen LogP contribution is -2.47. The topological polar surface area (TPSA) is 43.2 Å². The molecule has 0 atom stereocenters. The second kappa shape index (κ2) is 6.81. The molecule has 1 saturated heterocycles. The first-order chi connectivity index (χ1) is 11.9. The number of aromatic nitrogens is 1. The molecule has 8 heteroatoms. The van der Waals surface area contributed by atoms with Gasteiger partial charge in [-0.05, 0) is 30.3 Å². The summed E-state index contributed by atoms with van der Waals surface area (Å²) in [7, 11) is 0. The van der Waals surface area contributed by atoms with Gasteiger partial charge in [-0.2, -0.15) is 18.4 Å². The highest BCUT2D eigenvalue weighted by molar-refractivity contribution is 6.33. The molecule has 4 nitrogen and oxygen atoms in total. The Morgan fingerprint density at radius 1 is 1.04 bits per heavy atom. The van der Waals surface area contributed by atoms with E-state index < -0.39 is 11.7 Å². The zero-order chi connectivity index (χ0) is 18.0. The van der Waals surface area contributed by atoms with Crippen molar-refractivity contribution in [3.8, 4) is 6.07 Å². The molecule has 0 saturated carbocycles. The van der Waals surface area contributed by atoms with Crippen LogP contribution in [-0.4, -0.2) is 31.2 Å². The summed E-state index contributed by atoms with van der Waals surface area (Å²) in [5.41, 5.74) is 0.755. The van der Waals surface area contributed by atoms with Crippen LogP contribution in [0.4, 0.5) is 24.7 Å². The maximum Gasteiger partial charge on any atom is 0.417 e. The Hall–Kier alpha value is -2.46. The number of hydrogen-bond acceptors (Lipinski definition) is 4. The van der Waals surface area contributed by atoms with Gasteiger partial charge in [0, 0.05) is 38.1 Å². The van der Waals surface area contributed by atoms with Crippen LogP contribution in [0.5, 0.6) is 0 Å². The highest BCUT2D eigenvalue weighted by Crippen LogP contribution is 2.34. The summed E-state index contributed by atoms with van der Waals surface area (Å²) >= 11 is 6.01. The second-order valence-electron chi connectivity index (χ2n) is 5.66. The molecule has 1 aromatic heterocycles. The minimum Gasteiger partial charge on any atom is -0.368 e. The number of pyridine rings is 1. The molecule has 0 unspecified atom stereocenters. The summed E-state index contributed by atoms with van der Waals surface area (Å²) in [6, 6.07) is 10.3.